The van der Waals surface area contributed by atoms with Crippen molar-refractivity contribution in [2.24, 2.45) is 0 Å². The Bertz CT molecular complexity index is 976. The molecule has 0 aromatic heterocycles. The molecule has 0 unspecified atom stereocenters. The van der Waals surface area contributed by atoms with Gasteiger partial charge in [-0.1, -0.05) is 12.1 Å². The summed E-state index contributed by atoms with van der Waals surface area (Å²) >= 11 is 0. The number of ether oxygens (including phenoxy) is 1. The van der Waals surface area contributed by atoms with Crippen LogP contribution in [0.3, 0.4) is 0 Å². The third-order valence-corrected chi connectivity index (χ3v) is 6.17. The normalized spacial score (nSPS) is 17.0. The highest BCUT2D eigenvalue weighted by atomic mass is 16.6. The molecule has 2 aromatic carbocycles. The number of nitrogens with zero attached hydrogens (tertiary/aromatic N) is 3. The summed E-state index contributed by atoms with van der Waals surface area (Å²) in [4.78, 5) is 30.6. The van der Waals surface area contributed by atoms with Crippen molar-refractivity contribution in [2.75, 3.05) is 42.9 Å². The van der Waals surface area contributed by atoms with Gasteiger partial charge in [-0.05, 0) is 82.0 Å². The Morgan fingerprint density at radius 3 is 2.09 bits per heavy atom. The Kier molecular flexibility index (Phi) is 7.29. The minimum atomic E-state index is -0.567. The van der Waals surface area contributed by atoms with E-state index in [0.29, 0.717) is 19.6 Å². The topological polar surface area (TPSA) is 65.1 Å². The summed E-state index contributed by atoms with van der Waals surface area (Å²) in [5, 5.41) is 3.45. The van der Waals surface area contributed by atoms with E-state index in [1.165, 1.54) is 29.8 Å². The van der Waals surface area contributed by atoms with Crippen molar-refractivity contribution in [3.05, 3.63) is 54.1 Å². The van der Waals surface area contributed by atoms with Crippen molar-refractivity contribution < 1.29 is 14.3 Å². The van der Waals surface area contributed by atoms with Gasteiger partial charge in [0.15, 0.2) is 0 Å². The van der Waals surface area contributed by atoms with Crippen molar-refractivity contribution >= 4 is 29.1 Å². The van der Waals surface area contributed by atoms with Crippen LogP contribution in [0.2, 0.25) is 0 Å². The van der Waals surface area contributed by atoms with Gasteiger partial charge < -0.3 is 19.9 Å². The van der Waals surface area contributed by atoms with E-state index in [0.717, 1.165) is 30.0 Å². The van der Waals surface area contributed by atoms with Gasteiger partial charge in [-0.25, -0.2) is 4.79 Å². The number of hydrogen-bond acceptors (Lipinski definition) is 5. The summed E-state index contributed by atoms with van der Waals surface area (Å²) in [6.45, 7) is 9.34. The molecular weight excluding hydrogens is 428 g/mol. The summed E-state index contributed by atoms with van der Waals surface area (Å²) in [5.41, 5.74) is 3.85. The van der Waals surface area contributed by atoms with E-state index < -0.39 is 11.7 Å². The van der Waals surface area contributed by atoms with Crippen LogP contribution in [0.1, 0.15) is 45.6 Å². The lowest BCUT2D eigenvalue weighted by molar-refractivity contribution is -0.136. The highest BCUT2D eigenvalue weighted by molar-refractivity contribution is 5.83. The largest absolute Gasteiger partial charge is 0.444 e. The van der Waals surface area contributed by atoms with E-state index in [1.54, 1.807) is 4.90 Å². The molecule has 34 heavy (non-hydrogen) atoms. The molecule has 2 aliphatic heterocycles. The third-order valence-electron chi connectivity index (χ3n) is 6.17. The maximum atomic E-state index is 12.6. The Morgan fingerprint density at radius 1 is 0.882 bits per heavy atom. The lowest BCUT2D eigenvalue weighted by atomic mass is 10.1. The van der Waals surface area contributed by atoms with Crippen LogP contribution >= 0.6 is 0 Å². The van der Waals surface area contributed by atoms with Gasteiger partial charge >= 0.3 is 6.09 Å². The second-order valence-electron chi connectivity index (χ2n) is 10.1. The number of benzene rings is 2. The quantitative estimate of drug-likeness (QED) is 0.675. The van der Waals surface area contributed by atoms with Crippen LogP contribution in [-0.2, 0) is 16.1 Å². The average Bonchev–Trinajstić information content (AvgIpc) is 2.81. The standard InChI is InChI=1S/C27H36N4O3/c1-27(2,3)34-26(33)31-18-17-30(25(32)20-31)19-21-7-9-22(10-8-21)28-23-11-13-24(14-12-23)29-15-5-4-6-16-29/h7-14,28H,4-6,15-20H2,1-3H3. The van der Waals surface area contributed by atoms with Crippen molar-refractivity contribution in [1.29, 1.82) is 0 Å². The van der Waals surface area contributed by atoms with Crippen LogP contribution in [0.15, 0.2) is 48.5 Å². The van der Waals surface area contributed by atoms with Crippen LogP contribution < -0.4 is 10.2 Å². The fourth-order valence-corrected chi connectivity index (χ4v) is 4.35. The molecule has 0 atom stereocenters. The molecule has 0 spiro atoms. The van der Waals surface area contributed by atoms with Crippen LogP contribution in [-0.4, -0.2) is 60.1 Å². The van der Waals surface area contributed by atoms with Crippen molar-refractivity contribution in [1.82, 2.24) is 9.80 Å². The van der Waals surface area contributed by atoms with Gasteiger partial charge in [0, 0.05) is 49.8 Å². The lowest BCUT2D eigenvalue weighted by Gasteiger charge is -2.35. The summed E-state index contributed by atoms with van der Waals surface area (Å²) in [5.74, 6) is -0.0619. The Hall–Kier alpha value is -3.22. The molecular formula is C27H36N4O3. The molecule has 0 radical (unpaired) electrons. The monoisotopic (exact) mass is 464 g/mol. The SMILES string of the molecule is CC(C)(C)OC(=O)N1CCN(Cc2ccc(Nc3ccc(N4CCCCC4)cc3)cc2)C(=O)C1. The highest BCUT2D eigenvalue weighted by Crippen LogP contribution is 2.24. The summed E-state index contributed by atoms with van der Waals surface area (Å²) in [6, 6.07) is 16.8. The molecule has 2 fully saturated rings. The van der Waals surface area contributed by atoms with Gasteiger partial charge in [-0.15, -0.1) is 0 Å². The predicted octanol–water partition coefficient (Wildman–Crippen LogP) is 5.00. The highest BCUT2D eigenvalue weighted by Gasteiger charge is 2.30. The first kappa shape index (κ1) is 23.9. The zero-order chi connectivity index (χ0) is 24.1. The van der Waals surface area contributed by atoms with E-state index in [4.69, 9.17) is 4.74 Å². The maximum absolute atomic E-state index is 12.6. The molecule has 1 N–H and O–H groups in total. The number of hydrogen-bond donors (Lipinski definition) is 1. The summed E-state index contributed by atoms with van der Waals surface area (Å²) in [7, 11) is 0. The fraction of sp³-hybridized carbons (Fsp3) is 0.481. The average molecular weight is 465 g/mol. The minimum Gasteiger partial charge on any atom is -0.444 e. The Balaban J connectivity index is 1.28. The number of anilines is 3. The van der Waals surface area contributed by atoms with Gasteiger partial charge in [0.05, 0.1) is 0 Å². The van der Waals surface area contributed by atoms with Gasteiger partial charge in [-0.2, -0.15) is 0 Å². The first-order valence-corrected chi connectivity index (χ1v) is 12.2. The van der Waals surface area contributed by atoms with Crippen LogP contribution in [0.5, 0.6) is 0 Å². The number of carbonyl (C=O) groups is 2. The molecule has 7 heteroatoms. The molecule has 4 rings (SSSR count). The summed E-state index contributed by atoms with van der Waals surface area (Å²) < 4.78 is 5.39. The number of amides is 2. The van der Waals surface area contributed by atoms with E-state index in [9.17, 15) is 9.59 Å². The molecule has 0 bridgehead atoms. The van der Waals surface area contributed by atoms with Crippen molar-refractivity contribution in [2.45, 2.75) is 52.2 Å². The zero-order valence-corrected chi connectivity index (χ0v) is 20.5. The van der Waals surface area contributed by atoms with Crippen molar-refractivity contribution in [3.63, 3.8) is 0 Å². The second-order valence-corrected chi connectivity index (χ2v) is 10.1. The molecule has 2 amide bonds. The number of nitrogens with one attached hydrogen (secondary N) is 1. The summed E-state index contributed by atoms with van der Waals surface area (Å²) in [6.07, 6.45) is 3.46. The van der Waals surface area contributed by atoms with Crippen LogP contribution in [0.25, 0.3) is 0 Å². The first-order chi connectivity index (χ1) is 16.3. The Labute approximate surface area is 202 Å². The number of carbonyl (C=O) groups excluding carboxylic acids is 2. The van der Waals surface area contributed by atoms with Gasteiger partial charge in [0.1, 0.15) is 12.1 Å². The fourth-order valence-electron chi connectivity index (χ4n) is 4.35. The smallest absolute Gasteiger partial charge is 0.410 e. The molecule has 0 saturated carbocycles. The van der Waals surface area contributed by atoms with Crippen LogP contribution in [0, 0.1) is 0 Å². The van der Waals surface area contributed by atoms with Crippen molar-refractivity contribution in [3.8, 4) is 0 Å². The predicted molar refractivity (Wildman–Crippen MR) is 135 cm³/mol. The van der Waals surface area contributed by atoms with Gasteiger partial charge in [0.2, 0.25) is 5.91 Å². The van der Waals surface area contributed by atoms with Crippen LogP contribution in [0.4, 0.5) is 21.9 Å². The minimum absolute atomic E-state index is 0.0575. The lowest BCUT2D eigenvalue weighted by Crippen LogP contribution is -2.52. The van der Waals surface area contributed by atoms with Gasteiger partial charge in [0.25, 0.3) is 0 Å². The maximum Gasteiger partial charge on any atom is 0.410 e. The van der Waals surface area contributed by atoms with E-state index in [2.05, 4.69) is 34.5 Å². The van der Waals surface area contributed by atoms with E-state index >= 15 is 0 Å². The molecule has 0 aliphatic carbocycles. The van der Waals surface area contributed by atoms with E-state index in [-0.39, 0.29) is 12.5 Å². The molecule has 2 aromatic rings. The van der Waals surface area contributed by atoms with E-state index in [1.807, 2.05) is 45.0 Å². The Morgan fingerprint density at radius 2 is 1.50 bits per heavy atom. The number of rotatable bonds is 5. The molecule has 2 saturated heterocycles. The molecule has 2 heterocycles. The van der Waals surface area contributed by atoms with Gasteiger partial charge in [-0.3, -0.25) is 9.69 Å². The molecule has 182 valence electrons. The zero-order valence-electron chi connectivity index (χ0n) is 20.5. The number of piperazine rings is 1. The second kappa shape index (κ2) is 10.4. The molecule has 7 nitrogen and oxygen atoms in total. The number of piperidine rings is 1. The first-order valence-electron chi connectivity index (χ1n) is 12.2. The third kappa shape index (κ3) is 6.43. The molecule has 2 aliphatic rings.